The van der Waals surface area contributed by atoms with Gasteiger partial charge >= 0.3 is 6.18 Å². The van der Waals surface area contributed by atoms with Crippen molar-refractivity contribution in [2.75, 3.05) is 4.72 Å². The summed E-state index contributed by atoms with van der Waals surface area (Å²) in [4.78, 5) is -0.411. The first-order chi connectivity index (χ1) is 10.1. The summed E-state index contributed by atoms with van der Waals surface area (Å²) in [6, 6.07) is 4.87. The Hall–Kier alpha value is -2.16. The highest BCUT2D eigenvalue weighted by atomic mass is 32.2. The Labute approximate surface area is 122 Å². The minimum Gasteiger partial charge on any atom is -0.277 e. The Morgan fingerprint density at radius 2 is 1.50 bits per heavy atom. The van der Waals surface area contributed by atoms with Crippen LogP contribution in [-0.2, 0) is 16.2 Å². The van der Waals surface area contributed by atoms with E-state index in [0.29, 0.717) is 18.2 Å². The molecule has 0 aromatic heterocycles. The predicted octanol–water partition coefficient (Wildman–Crippen LogP) is 3.78. The fourth-order valence-corrected chi connectivity index (χ4v) is 2.66. The van der Waals surface area contributed by atoms with Gasteiger partial charge in [-0.2, -0.15) is 13.2 Å². The molecule has 0 radical (unpaired) electrons. The molecule has 0 saturated heterocycles. The van der Waals surface area contributed by atoms with Crippen molar-refractivity contribution in [2.45, 2.75) is 11.1 Å². The van der Waals surface area contributed by atoms with E-state index in [1.165, 1.54) is 0 Å². The van der Waals surface area contributed by atoms with Gasteiger partial charge in [-0.15, -0.1) is 0 Å². The molecule has 0 aliphatic heterocycles. The van der Waals surface area contributed by atoms with Crippen molar-refractivity contribution in [3.05, 3.63) is 59.7 Å². The first-order valence-corrected chi connectivity index (χ1v) is 7.23. The van der Waals surface area contributed by atoms with Gasteiger partial charge in [0.1, 0.15) is 11.6 Å². The Kier molecular flexibility index (Phi) is 4.10. The van der Waals surface area contributed by atoms with Crippen molar-refractivity contribution in [3.63, 3.8) is 0 Å². The lowest BCUT2D eigenvalue weighted by Gasteiger charge is -2.12. The zero-order valence-electron chi connectivity index (χ0n) is 10.7. The van der Waals surface area contributed by atoms with Crippen LogP contribution in [0.2, 0.25) is 0 Å². The lowest BCUT2D eigenvalue weighted by atomic mass is 10.2. The molecule has 2 aromatic rings. The molecule has 0 unspecified atom stereocenters. The molecular weight excluding hydrogens is 329 g/mol. The smallest absolute Gasteiger partial charge is 0.277 e. The zero-order chi connectivity index (χ0) is 16.5. The van der Waals surface area contributed by atoms with Crippen molar-refractivity contribution >= 4 is 15.7 Å². The summed E-state index contributed by atoms with van der Waals surface area (Å²) in [7, 11) is -4.34. The third-order valence-corrected chi connectivity index (χ3v) is 4.04. The lowest BCUT2D eigenvalue weighted by Crippen LogP contribution is -2.15. The van der Waals surface area contributed by atoms with Crippen LogP contribution in [0, 0.1) is 11.6 Å². The fraction of sp³-hybridized carbons (Fsp3) is 0.0769. The molecule has 2 rings (SSSR count). The molecule has 22 heavy (non-hydrogen) atoms. The number of alkyl halides is 3. The summed E-state index contributed by atoms with van der Waals surface area (Å²) >= 11 is 0. The standard InChI is InChI=1S/C13H8F5NO2S/c14-9-2-4-10(5-3-9)22(20,21)19-12-7-8(13(16,17)18)1-6-11(12)15/h1-7,19H. The highest BCUT2D eigenvalue weighted by Crippen LogP contribution is 2.32. The molecule has 0 atom stereocenters. The Morgan fingerprint density at radius 1 is 0.909 bits per heavy atom. The second-order valence-electron chi connectivity index (χ2n) is 4.25. The molecule has 0 amide bonds. The van der Waals surface area contributed by atoms with Crippen molar-refractivity contribution in [1.29, 1.82) is 0 Å². The monoisotopic (exact) mass is 337 g/mol. The van der Waals surface area contributed by atoms with Crippen molar-refractivity contribution < 1.29 is 30.4 Å². The van der Waals surface area contributed by atoms with Crippen LogP contribution >= 0.6 is 0 Å². The van der Waals surface area contributed by atoms with Crippen LogP contribution in [0.4, 0.5) is 27.6 Å². The largest absolute Gasteiger partial charge is 0.416 e. The van der Waals surface area contributed by atoms with E-state index < -0.39 is 44.0 Å². The topological polar surface area (TPSA) is 46.2 Å². The van der Waals surface area contributed by atoms with Gasteiger partial charge in [0.15, 0.2) is 0 Å². The maximum absolute atomic E-state index is 13.5. The van der Waals surface area contributed by atoms with E-state index in [1.54, 1.807) is 4.72 Å². The van der Waals surface area contributed by atoms with Gasteiger partial charge in [0.2, 0.25) is 0 Å². The van der Waals surface area contributed by atoms with E-state index in [9.17, 15) is 30.4 Å². The molecule has 118 valence electrons. The third kappa shape index (κ3) is 3.53. The molecule has 0 bridgehead atoms. The van der Waals surface area contributed by atoms with Gasteiger partial charge in [0.05, 0.1) is 16.1 Å². The molecule has 0 fully saturated rings. The average molecular weight is 337 g/mol. The third-order valence-electron chi connectivity index (χ3n) is 2.66. The quantitative estimate of drug-likeness (QED) is 0.867. The van der Waals surface area contributed by atoms with Crippen LogP contribution in [0.15, 0.2) is 47.4 Å². The highest BCUT2D eigenvalue weighted by molar-refractivity contribution is 7.92. The summed E-state index contributed by atoms with van der Waals surface area (Å²) in [5.74, 6) is -1.86. The molecule has 0 aliphatic carbocycles. The number of benzene rings is 2. The van der Waals surface area contributed by atoms with Crippen LogP contribution in [-0.4, -0.2) is 8.42 Å². The van der Waals surface area contributed by atoms with Gasteiger partial charge in [-0.3, -0.25) is 4.72 Å². The predicted molar refractivity (Wildman–Crippen MR) is 68.6 cm³/mol. The van der Waals surface area contributed by atoms with Gasteiger partial charge in [-0.25, -0.2) is 17.2 Å². The highest BCUT2D eigenvalue weighted by Gasteiger charge is 2.31. The van der Waals surface area contributed by atoms with Gasteiger partial charge in [-0.1, -0.05) is 0 Å². The van der Waals surface area contributed by atoms with Gasteiger partial charge in [0, 0.05) is 0 Å². The summed E-state index contributed by atoms with van der Waals surface area (Å²) < 4.78 is 89.5. The molecule has 9 heteroatoms. The van der Waals surface area contributed by atoms with E-state index in [2.05, 4.69) is 0 Å². The van der Waals surface area contributed by atoms with Crippen molar-refractivity contribution in [3.8, 4) is 0 Å². The minimum atomic E-state index is -4.75. The average Bonchev–Trinajstić information content (AvgIpc) is 2.40. The number of sulfonamides is 1. The Bertz CT molecular complexity index is 785. The fourth-order valence-electron chi connectivity index (χ4n) is 1.60. The van der Waals surface area contributed by atoms with Gasteiger partial charge in [-0.05, 0) is 42.5 Å². The molecule has 0 aliphatic rings. The second kappa shape index (κ2) is 5.56. The van der Waals surface area contributed by atoms with Crippen LogP contribution in [0.1, 0.15) is 5.56 Å². The van der Waals surface area contributed by atoms with E-state index in [4.69, 9.17) is 0 Å². The normalized spacial score (nSPS) is 12.2. The first-order valence-electron chi connectivity index (χ1n) is 5.75. The SMILES string of the molecule is O=S(=O)(Nc1cc(C(F)(F)F)ccc1F)c1ccc(F)cc1. The number of halogens is 5. The molecule has 3 nitrogen and oxygen atoms in total. The van der Waals surface area contributed by atoms with Crippen LogP contribution in [0.3, 0.4) is 0 Å². The summed E-state index contributed by atoms with van der Waals surface area (Å²) in [5.41, 5.74) is -2.05. The van der Waals surface area contributed by atoms with Gasteiger partial charge < -0.3 is 0 Å². The molecule has 0 saturated carbocycles. The summed E-state index contributed by atoms with van der Waals surface area (Å²) in [6.07, 6.45) is -4.75. The molecular formula is C13H8F5NO2S. The molecule has 1 N–H and O–H groups in total. The maximum Gasteiger partial charge on any atom is 0.416 e. The Morgan fingerprint density at radius 3 is 2.05 bits per heavy atom. The maximum atomic E-state index is 13.5. The minimum absolute atomic E-state index is 0.344. The van der Waals surface area contributed by atoms with Crippen molar-refractivity contribution in [2.24, 2.45) is 0 Å². The zero-order valence-corrected chi connectivity index (χ0v) is 11.5. The number of nitrogens with one attached hydrogen (secondary N) is 1. The molecule has 0 heterocycles. The summed E-state index contributed by atoms with van der Waals surface area (Å²) in [6.45, 7) is 0. The molecule has 2 aromatic carbocycles. The van der Waals surface area contributed by atoms with E-state index in [-0.39, 0.29) is 0 Å². The first kappa shape index (κ1) is 16.2. The lowest BCUT2D eigenvalue weighted by molar-refractivity contribution is -0.137. The molecule has 0 spiro atoms. The second-order valence-corrected chi connectivity index (χ2v) is 5.93. The number of hydrogen-bond acceptors (Lipinski definition) is 2. The number of hydrogen-bond donors (Lipinski definition) is 1. The number of anilines is 1. The van der Waals surface area contributed by atoms with Crippen molar-refractivity contribution in [1.82, 2.24) is 0 Å². The van der Waals surface area contributed by atoms with E-state index >= 15 is 0 Å². The van der Waals surface area contributed by atoms with Crippen LogP contribution < -0.4 is 4.72 Å². The number of rotatable bonds is 3. The summed E-state index contributed by atoms with van der Waals surface area (Å²) in [5, 5.41) is 0. The Balaban J connectivity index is 2.39. The van der Waals surface area contributed by atoms with E-state index in [1.807, 2.05) is 0 Å². The van der Waals surface area contributed by atoms with Gasteiger partial charge in [0.25, 0.3) is 10.0 Å². The van der Waals surface area contributed by atoms with Crippen LogP contribution in [0.25, 0.3) is 0 Å². The van der Waals surface area contributed by atoms with E-state index in [0.717, 1.165) is 24.3 Å². The van der Waals surface area contributed by atoms with Crippen LogP contribution in [0.5, 0.6) is 0 Å².